The maximum Gasteiger partial charge on any atom is 0.243 e. The highest BCUT2D eigenvalue weighted by Crippen LogP contribution is 2.38. The molecule has 1 heterocycles. The van der Waals surface area contributed by atoms with Gasteiger partial charge in [-0.25, -0.2) is 17.2 Å². The van der Waals surface area contributed by atoms with E-state index in [-0.39, 0.29) is 17.1 Å². The largest absolute Gasteiger partial charge is 0.323 e. The molecule has 3 aromatic rings. The standard InChI is InChI=1S/C24H22F2N2O3S/c25-19-12-13-22(21(26)15-19)27-24(29)18-11-14-23(17-7-3-1-4-8-17)28(16-18)32(30,31)20-9-5-2-6-10-20/h1-10,12-13,15,18,23H,11,14,16H2,(H,27,29)/t18-,23-/m1/s1. The minimum absolute atomic E-state index is 0.0502. The van der Waals surface area contributed by atoms with Crippen molar-refractivity contribution in [3.63, 3.8) is 0 Å². The number of amides is 1. The molecule has 1 fully saturated rings. The lowest BCUT2D eigenvalue weighted by Crippen LogP contribution is -2.45. The van der Waals surface area contributed by atoms with Crippen LogP contribution in [-0.2, 0) is 14.8 Å². The molecule has 2 atom stereocenters. The lowest BCUT2D eigenvalue weighted by Gasteiger charge is -2.38. The summed E-state index contributed by atoms with van der Waals surface area (Å²) in [4.78, 5) is 13.0. The zero-order valence-electron chi connectivity index (χ0n) is 17.1. The first-order valence-electron chi connectivity index (χ1n) is 10.2. The van der Waals surface area contributed by atoms with Crippen LogP contribution in [0.15, 0.2) is 83.8 Å². The summed E-state index contributed by atoms with van der Waals surface area (Å²) < 4.78 is 55.5. The molecular weight excluding hydrogens is 434 g/mol. The van der Waals surface area contributed by atoms with Crippen LogP contribution in [0.1, 0.15) is 24.4 Å². The molecule has 1 aliphatic rings. The second kappa shape index (κ2) is 9.18. The van der Waals surface area contributed by atoms with E-state index in [4.69, 9.17) is 0 Å². The predicted octanol–water partition coefficient (Wildman–Crippen LogP) is 4.75. The summed E-state index contributed by atoms with van der Waals surface area (Å²) in [6.45, 7) is -0.0502. The second-order valence-electron chi connectivity index (χ2n) is 7.70. The van der Waals surface area contributed by atoms with Gasteiger partial charge in [0, 0.05) is 12.6 Å². The average molecular weight is 457 g/mol. The lowest BCUT2D eigenvalue weighted by atomic mass is 9.90. The first-order valence-corrected chi connectivity index (χ1v) is 11.7. The molecule has 166 valence electrons. The minimum Gasteiger partial charge on any atom is -0.323 e. The molecule has 0 spiro atoms. The quantitative estimate of drug-likeness (QED) is 0.603. The highest BCUT2D eigenvalue weighted by atomic mass is 32.2. The van der Waals surface area contributed by atoms with E-state index in [1.807, 2.05) is 30.3 Å². The van der Waals surface area contributed by atoms with Crippen molar-refractivity contribution in [1.82, 2.24) is 4.31 Å². The van der Waals surface area contributed by atoms with Gasteiger partial charge < -0.3 is 5.32 Å². The van der Waals surface area contributed by atoms with E-state index in [9.17, 15) is 22.0 Å². The lowest BCUT2D eigenvalue weighted by molar-refractivity contribution is -0.121. The number of nitrogens with zero attached hydrogens (tertiary/aromatic N) is 1. The number of nitrogens with one attached hydrogen (secondary N) is 1. The normalized spacial score (nSPS) is 19.4. The van der Waals surface area contributed by atoms with Gasteiger partial charge in [0.25, 0.3) is 0 Å². The molecule has 0 aliphatic carbocycles. The molecule has 4 rings (SSSR count). The molecule has 32 heavy (non-hydrogen) atoms. The molecule has 5 nitrogen and oxygen atoms in total. The maximum atomic E-state index is 14.0. The number of carbonyl (C=O) groups is 1. The monoisotopic (exact) mass is 456 g/mol. The van der Waals surface area contributed by atoms with E-state index in [1.165, 1.54) is 16.4 Å². The van der Waals surface area contributed by atoms with Crippen LogP contribution in [0.4, 0.5) is 14.5 Å². The Morgan fingerprint density at radius 1 is 0.906 bits per heavy atom. The van der Waals surface area contributed by atoms with Gasteiger partial charge in [0.2, 0.25) is 15.9 Å². The number of halogens is 2. The Morgan fingerprint density at radius 3 is 2.22 bits per heavy atom. The number of benzene rings is 3. The van der Waals surface area contributed by atoms with Crippen molar-refractivity contribution in [2.45, 2.75) is 23.8 Å². The number of anilines is 1. The van der Waals surface area contributed by atoms with E-state index >= 15 is 0 Å². The van der Waals surface area contributed by atoms with Gasteiger partial charge in [0.15, 0.2) is 0 Å². The van der Waals surface area contributed by atoms with Crippen LogP contribution in [0, 0.1) is 17.6 Å². The van der Waals surface area contributed by atoms with Crippen LogP contribution in [0.25, 0.3) is 0 Å². The summed E-state index contributed by atoms with van der Waals surface area (Å²) >= 11 is 0. The molecule has 0 unspecified atom stereocenters. The molecule has 0 saturated carbocycles. The molecule has 3 aromatic carbocycles. The number of rotatable bonds is 5. The smallest absolute Gasteiger partial charge is 0.243 e. The minimum atomic E-state index is -3.88. The molecule has 1 aliphatic heterocycles. The zero-order valence-corrected chi connectivity index (χ0v) is 17.9. The van der Waals surface area contributed by atoms with Crippen molar-refractivity contribution in [2.24, 2.45) is 5.92 Å². The SMILES string of the molecule is O=C(Nc1ccc(F)cc1F)[C@@H]1CC[C@H](c2ccccc2)N(S(=O)(=O)c2ccccc2)C1. The summed E-state index contributed by atoms with van der Waals surface area (Å²) in [7, 11) is -3.88. The summed E-state index contributed by atoms with van der Waals surface area (Å²) in [6, 6.07) is 19.8. The fourth-order valence-corrected chi connectivity index (χ4v) is 5.69. The first kappa shape index (κ1) is 22.1. The Kier molecular flexibility index (Phi) is 6.34. The molecule has 8 heteroatoms. The van der Waals surface area contributed by atoms with Gasteiger partial charge in [0.05, 0.1) is 22.5 Å². The highest BCUT2D eigenvalue weighted by molar-refractivity contribution is 7.89. The number of hydrogen-bond donors (Lipinski definition) is 1. The highest BCUT2D eigenvalue weighted by Gasteiger charge is 2.40. The third kappa shape index (κ3) is 4.56. The van der Waals surface area contributed by atoms with Gasteiger partial charge in [-0.05, 0) is 42.7 Å². The second-order valence-corrected chi connectivity index (χ2v) is 9.59. The molecule has 1 N–H and O–H groups in total. The summed E-state index contributed by atoms with van der Waals surface area (Å²) in [5.41, 5.74) is 0.703. The number of piperidine rings is 1. The van der Waals surface area contributed by atoms with Gasteiger partial charge in [0.1, 0.15) is 11.6 Å². The van der Waals surface area contributed by atoms with Crippen LogP contribution in [-0.4, -0.2) is 25.2 Å². The van der Waals surface area contributed by atoms with Crippen LogP contribution in [0.5, 0.6) is 0 Å². The molecule has 0 aromatic heterocycles. The molecular formula is C24H22F2N2O3S. The van der Waals surface area contributed by atoms with Crippen molar-refractivity contribution in [1.29, 1.82) is 0 Å². The summed E-state index contributed by atoms with van der Waals surface area (Å²) in [6.07, 6.45) is 0.856. The van der Waals surface area contributed by atoms with Gasteiger partial charge in [-0.1, -0.05) is 48.5 Å². The summed E-state index contributed by atoms with van der Waals surface area (Å²) in [5, 5.41) is 2.47. The Bertz CT molecular complexity index is 1200. The number of sulfonamides is 1. The van der Waals surface area contributed by atoms with Crippen molar-refractivity contribution < 1.29 is 22.0 Å². The Balaban J connectivity index is 1.63. The fourth-order valence-electron chi connectivity index (χ4n) is 3.98. The first-order chi connectivity index (χ1) is 15.4. The predicted molar refractivity (Wildman–Crippen MR) is 117 cm³/mol. The average Bonchev–Trinajstić information content (AvgIpc) is 2.81. The molecule has 0 radical (unpaired) electrons. The number of carbonyl (C=O) groups excluding carboxylic acids is 1. The Hall–Kier alpha value is -3.10. The Labute approximate surface area is 185 Å². The third-order valence-electron chi connectivity index (χ3n) is 5.63. The van der Waals surface area contributed by atoms with Crippen LogP contribution < -0.4 is 5.32 Å². The van der Waals surface area contributed by atoms with Crippen LogP contribution in [0.2, 0.25) is 0 Å². The molecule has 1 saturated heterocycles. The van der Waals surface area contributed by atoms with Gasteiger partial charge in [-0.2, -0.15) is 4.31 Å². The van der Waals surface area contributed by atoms with Crippen LogP contribution in [0.3, 0.4) is 0 Å². The molecule has 1 amide bonds. The molecule has 0 bridgehead atoms. The van der Waals surface area contributed by atoms with Crippen molar-refractivity contribution in [3.05, 3.63) is 96.1 Å². The number of hydrogen-bond acceptors (Lipinski definition) is 3. The van der Waals surface area contributed by atoms with E-state index in [2.05, 4.69) is 5.32 Å². The van der Waals surface area contributed by atoms with Crippen molar-refractivity contribution >= 4 is 21.6 Å². The Morgan fingerprint density at radius 2 is 1.56 bits per heavy atom. The van der Waals surface area contributed by atoms with E-state index < -0.39 is 39.5 Å². The van der Waals surface area contributed by atoms with Gasteiger partial charge in [-0.15, -0.1) is 0 Å². The van der Waals surface area contributed by atoms with Crippen LogP contribution >= 0.6 is 0 Å². The van der Waals surface area contributed by atoms with E-state index in [1.54, 1.807) is 18.2 Å². The van der Waals surface area contributed by atoms with Crippen molar-refractivity contribution in [2.75, 3.05) is 11.9 Å². The topological polar surface area (TPSA) is 66.5 Å². The fraction of sp³-hybridized carbons (Fsp3) is 0.208. The zero-order chi connectivity index (χ0) is 22.7. The van der Waals surface area contributed by atoms with Crippen molar-refractivity contribution in [3.8, 4) is 0 Å². The van der Waals surface area contributed by atoms with E-state index in [0.29, 0.717) is 18.9 Å². The maximum absolute atomic E-state index is 14.0. The van der Waals surface area contributed by atoms with Gasteiger partial charge in [-0.3, -0.25) is 4.79 Å². The third-order valence-corrected chi connectivity index (χ3v) is 7.52. The summed E-state index contributed by atoms with van der Waals surface area (Å²) in [5.74, 6) is -2.82. The van der Waals surface area contributed by atoms with E-state index in [0.717, 1.165) is 17.7 Å². The van der Waals surface area contributed by atoms with Gasteiger partial charge >= 0.3 is 0 Å².